The fourth-order valence-electron chi connectivity index (χ4n) is 2.29. The summed E-state index contributed by atoms with van der Waals surface area (Å²) in [6.45, 7) is 7.54. The summed E-state index contributed by atoms with van der Waals surface area (Å²) in [6.07, 6.45) is 0.488. The summed E-state index contributed by atoms with van der Waals surface area (Å²) >= 11 is 0. The topological polar surface area (TPSA) is 113 Å². The lowest BCUT2D eigenvalue weighted by atomic mass is 9.80. The van der Waals surface area contributed by atoms with Crippen LogP contribution in [0.4, 0.5) is 4.79 Å². The fraction of sp³-hybridized carbons (Fsp3) is 0.769. The molecule has 1 rings (SSSR count). The van der Waals surface area contributed by atoms with Crippen LogP contribution in [0.25, 0.3) is 0 Å². The third kappa shape index (κ3) is 4.40. The molecule has 0 saturated carbocycles. The van der Waals surface area contributed by atoms with Crippen molar-refractivity contribution in [1.82, 2.24) is 10.2 Å². The van der Waals surface area contributed by atoms with Crippen molar-refractivity contribution < 1.29 is 19.5 Å². The molecule has 0 radical (unpaired) electrons. The van der Waals surface area contributed by atoms with Gasteiger partial charge in [0.2, 0.25) is 5.91 Å². The number of urea groups is 1. The van der Waals surface area contributed by atoms with E-state index in [1.165, 1.54) is 0 Å². The van der Waals surface area contributed by atoms with Gasteiger partial charge in [-0.3, -0.25) is 4.79 Å². The highest BCUT2D eigenvalue weighted by atomic mass is 16.4. The Kier molecular flexibility index (Phi) is 4.97. The molecular formula is C13H23N3O4. The lowest BCUT2D eigenvalue weighted by molar-refractivity contribution is -0.140. The molecule has 3 amide bonds. The summed E-state index contributed by atoms with van der Waals surface area (Å²) in [4.78, 5) is 35.4. The average molecular weight is 285 g/mol. The largest absolute Gasteiger partial charge is 0.480 e. The van der Waals surface area contributed by atoms with Crippen LogP contribution in [0.15, 0.2) is 0 Å². The lowest BCUT2D eigenvalue weighted by Crippen LogP contribution is -2.48. The second-order valence-corrected chi connectivity index (χ2v) is 6.31. The zero-order chi connectivity index (χ0) is 15.5. The first-order chi connectivity index (χ1) is 9.11. The van der Waals surface area contributed by atoms with E-state index >= 15 is 0 Å². The molecule has 1 aliphatic rings. The molecule has 7 nitrogen and oxygen atoms in total. The zero-order valence-electron chi connectivity index (χ0n) is 12.2. The second-order valence-electron chi connectivity index (χ2n) is 6.31. The summed E-state index contributed by atoms with van der Waals surface area (Å²) in [7, 11) is 0. The first kappa shape index (κ1) is 16.3. The Morgan fingerprint density at radius 3 is 2.40 bits per heavy atom. The Bertz CT molecular complexity index is 403. The van der Waals surface area contributed by atoms with Gasteiger partial charge in [0.15, 0.2) is 0 Å². The molecule has 0 spiro atoms. The van der Waals surface area contributed by atoms with Crippen molar-refractivity contribution in [2.24, 2.45) is 17.1 Å². The molecule has 4 N–H and O–H groups in total. The van der Waals surface area contributed by atoms with E-state index in [4.69, 9.17) is 10.8 Å². The average Bonchev–Trinajstić information content (AvgIpc) is 2.75. The van der Waals surface area contributed by atoms with Gasteiger partial charge in [-0.05, 0) is 17.8 Å². The molecular weight excluding hydrogens is 262 g/mol. The molecule has 0 aliphatic carbocycles. The molecule has 20 heavy (non-hydrogen) atoms. The van der Waals surface area contributed by atoms with Gasteiger partial charge in [0.1, 0.15) is 6.04 Å². The Hall–Kier alpha value is -1.79. The molecule has 1 heterocycles. The molecule has 7 heteroatoms. The van der Waals surface area contributed by atoms with E-state index in [0.717, 1.165) is 6.42 Å². The first-order valence-electron chi connectivity index (χ1n) is 6.68. The summed E-state index contributed by atoms with van der Waals surface area (Å²) in [5.74, 6) is -1.64. The standard InChI is InChI=1S/C13H23N3O4/c1-13(2,3)8-4-5-16(7-8)12(20)15-9(11(18)19)6-10(14)17/h8-9H,4-7H2,1-3H3,(H2,14,17)(H,15,20)(H,18,19)/t8?,9-/m0/s1. The predicted octanol–water partition coefficient (Wildman–Crippen LogP) is 0.393. The van der Waals surface area contributed by atoms with Crippen LogP contribution in [0.2, 0.25) is 0 Å². The maximum Gasteiger partial charge on any atom is 0.326 e. The van der Waals surface area contributed by atoms with E-state index in [1.54, 1.807) is 4.90 Å². The van der Waals surface area contributed by atoms with Crippen molar-refractivity contribution in [3.05, 3.63) is 0 Å². The smallest absolute Gasteiger partial charge is 0.326 e. The number of likely N-dealkylation sites (tertiary alicyclic amines) is 1. The number of amides is 3. The minimum absolute atomic E-state index is 0.106. The Morgan fingerprint density at radius 2 is 2.00 bits per heavy atom. The number of carboxylic acid groups (broad SMARTS) is 1. The first-order valence-corrected chi connectivity index (χ1v) is 6.68. The second kappa shape index (κ2) is 6.11. The van der Waals surface area contributed by atoms with Crippen LogP contribution in [0.1, 0.15) is 33.6 Å². The number of nitrogens with zero attached hydrogens (tertiary/aromatic N) is 1. The highest BCUT2D eigenvalue weighted by Gasteiger charge is 2.35. The number of carboxylic acids is 1. The van der Waals surface area contributed by atoms with E-state index in [1.807, 2.05) is 0 Å². The van der Waals surface area contributed by atoms with Gasteiger partial charge in [0.05, 0.1) is 6.42 Å². The number of rotatable bonds is 4. The Morgan fingerprint density at radius 1 is 1.40 bits per heavy atom. The molecule has 1 unspecified atom stereocenters. The molecule has 0 bridgehead atoms. The van der Waals surface area contributed by atoms with Gasteiger partial charge < -0.3 is 21.1 Å². The summed E-state index contributed by atoms with van der Waals surface area (Å²) < 4.78 is 0. The molecule has 0 aromatic carbocycles. The van der Waals surface area contributed by atoms with Crippen LogP contribution in [-0.2, 0) is 9.59 Å². The number of hydrogen-bond donors (Lipinski definition) is 3. The van der Waals surface area contributed by atoms with E-state index in [2.05, 4.69) is 26.1 Å². The molecule has 0 aromatic rings. The van der Waals surface area contributed by atoms with Crippen LogP contribution in [0.3, 0.4) is 0 Å². The number of nitrogens with one attached hydrogen (secondary N) is 1. The number of aliphatic carboxylic acids is 1. The van der Waals surface area contributed by atoms with E-state index < -0.39 is 30.4 Å². The van der Waals surface area contributed by atoms with Crippen molar-refractivity contribution in [2.45, 2.75) is 39.7 Å². The van der Waals surface area contributed by atoms with Gasteiger partial charge >= 0.3 is 12.0 Å². The third-order valence-electron chi connectivity index (χ3n) is 3.70. The van der Waals surface area contributed by atoms with Crippen LogP contribution < -0.4 is 11.1 Å². The highest BCUT2D eigenvalue weighted by molar-refractivity contribution is 5.87. The quantitative estimate of drug-likeness (QED) is 0.693. The number of nitrogens with two attached hydrogens (primary N) is 1. The SMILES string of the molecule is CC(C)(C)C1CCN(C(=O)N[C@@H](CC(N)=O)C(=O)O)C1. The summed E-state index contributed by atoms with van der Waals surface area (Å²) in [5.41, 5.74) is 5.08. The number of primary amides is 1. The molecule has 2 atom stereocenters. The predicted molar refractivity (Wildman–Crippen MR) is 72.9 cm³/mol. The van der Waals surface area contributed by atoms with Crippen LogP contribution in [0, 0.1) is 11.3 Å². The Labute approximate surface area is 118 Å². The van der Waals surface area contributed by atoms with Gasteiger partial charge in [-0.1, -0.05) is 20.8 Å². The number of carbonyl (C=O) groups is 3. The van der Waals surface area contributed by atoms with Crippen LogP contribution in [-0.4, -0.2) is 47.0 Å². The highest BCUT2D eigenvalue weighted by Crippen LogP contribution is 2.33. The summed E-state index contributed by atoms with van der Waals surface area (Å²) in [5, 5.41) is 11.3. The van der Waals surface area contributed by atoms with Crippen LogP contribution in [0.5, 0.6) is 0 Å². The zero-order valence-corrected chi connectivity index (χ0v) is 12.2. The minimum Gasteiger partial charge on any atom is -0.480 e. The molecule has 1 saturated heterocycles. The van der Waals surface area contributed by atoms with Crippen molar-refractivity contribution in [3.63, 3.8) is 0 Å². The molecule has 1 aliphatic heterocycles. The molecule has 1 fully saturated rings. The molecule has 114 valence electrons. The van der Waals surface area contributed by atoms with Crippen molar-refractivity contribution in [1.29, 1.82) is 0 Å². The van der Waals surface area contributed by atoms with Crippen molar-refractivity contribution in [2.75, 3.05) is 13.1 Å². The van der Waals surface area contributed by atoms with E-state index in [0.29, 0.717) is 19.0 Å². The van der Waals surface area contributed by atoms with Gasteiger partial charge in [0, 0.05) is 13.1 Å². The van der Waals surface area contributed by atoms with Crippen LogP contribution >= 0.6 is 0 Å². The van der Waals surface area contributed by atoms with Crippen molar-refractivity contribution in [3.8, 4) is 0 Å². The monoisotopic (exact) mass is 285 g/mol. The maximum atomic E-state index is 12.0. The molecule has 0 aromatic heterocycles. The maximum absolute atomic E-state index is 12.0. The van der Waals surface area contributed by atoms with Crippen molar-refractivity contribution >= 4 is 17.9 Å². The van der Waals surface area contributed by atoms with Gasteiger partial charge in [-0.25, -0.2) is 9.59 Å². The minimum atomic E-state index is -1.27. The third-order valence-corrected chi connectivity index (χ3v) is 3.70. The number of carbonyl (C=O) groups excluding carboxylic acids is 2. The van der Waals surface area contributed by atoms with E-state index in [9.17, 15) is 14.4 Å². The lowest BCUT2D eigenvalue weighted by Gasteiger charge is -2.27. The summed E-state index contributed by atoms with van der Waals surface area (Å²) in [6, 6.07) is -1.72. The van der Waals surface area contributed by atoms with Gasteiger partial charge in [-0.2, -0.15) is 0 Å². The van der Waals surface area contributed by atoms with Gasteiger partial charge in [0.25, 0.3) is 0 Å². The Balaban J connectivity index is 2.58. The van der Waals surface area contributed by atoms with Gasteiger partial charge in [-0.15, -0.1) is 0 Å². The van der Waals surface area contributed by atoms with E-state index in [-0.39, 0.29) is 5.41 Å². The normalized spacial score (nSPS) is 20.6. The fourth-order valence-corrected chi connectivity index (χ4v) is 2.29. The number of hydrogen-bond acceptors (Lipinski definition) is 3.